The van der Waals surface area contributed by atoms with E-state index in [-0.39, 0.29) is 36.6 Å². The first kappa shape index (κ1) is 25.0. The number of hydrogen-bond acceptors (Lipinski definition) is 6. The molecular formula is C23H29ClO7. The Labute approximate surface area is 186 Å². The lowest BCUT2D eigenvalue weighted by Crippen LogP contribution is -2.47. The normalized spacial score (nSPS) is 21.3. The summed E-state index contributed by atoms with van der Waals surface area (Å²) in [5.41, 5.74) is 0. The summed E-state index contributed by atoms with van der Waals surface area (Å²) in [4.78, 5) is 35.4. The van der Waals surface area contributed by atoms with Crippen molar-refractivity contribution in [2.24, 2.45) is 17.8 Å². The van der Waals surface area contributed by atoms with Crippen LogP contribution in [0.2, 0.25) is 5.02 Å². The van der Waals surface area contributed by atoms with E-state index in [4.69, 9.17) is 21.4 Å². The molecule has 8 heteroatoms. The Balaban J connectivity index is 1.87. The Bertz CT molecular complexity index is 816. The summed E-state index contributed by atoms with van der Waals surface area (Å²) >= 11 is 5.86. The molecule has 1 aromatic carbocycles. The highest BCUT2D eigenvalue weighted by atomic mass is 35.5. The maximum Gasteiger partial charge on any atom is 0.364 e. The zero-order chi connectivity index (χ0) is 23.2. The molecule has 0 heterocycles. The van der Waals surface area contributed by atoms with Crippen LogP contribution >= 0.6 is 11.6 Å². The van der Waals surface area contributed by atoms with E-state index in [1.165, 1.54) is 0 Å². The minimum absolute atomic E-state index is 0.00850. The van der Waals surface area contributed by atoms with Gasteiger partial charge in [-0.1, -0.05) is 23.8 Å². The van der Waals surface area contributed by atoms with Crippen LogP contribution in [0.15, 0.2) is 36.4 Å². The molecule has 0 aromatic heterocycles. The van der Waals surface area contributed by atoms with Gasteiger partial charge in [0.25, 0.3) is 5.79 Å². The first-order valence-electron chi connectivity index (χ1n) is 10.3. The number of carbonyl (C=O) groups excluding carboxylic acids is 2. The Hall–Kier alpha value is -2.22. The average Bonchev–Trinajstić information content (AvgIpc) is 3.06. The number of ether oxygens (including phenoxy) is 1. The lowest BCUT2D eigenvalue weighted by atomic mass is 9.86. The molecule has 0 bridgehead atoms. The van der Waals surface area contributed by atoms with Gasteiger partial charge in [0.2, 0.25) is 0 Å². The molecule has 1 saturated carbocycles. The highest BCUT2D eigenvalue weighted by Gasteiger charge is 2.44. The van der Waals surface area contributed by atoms with Gasteiger partial charge in [-0.15, -0.1) is 0 Å². The predicted octanol–water partition coefficient (Wildman–Crippen LogP) is 3.40. The minimum atomic E-state index is -3.11. The number of Topliss-reactive ketones (excluding diaryl/α,β-unsaturated/α-hetero) is 2. The molecule has 1 aliphatic rings. The second kappa shape index (κ2) is 10.9. The largest absolute Gasteiger partial charge is 0.490 e. The number of halogens is 1. The molecule has 1 aromatic rings. The molecule has 0 amide bonds. The molecule has 2 rings (SSSR count). The summed E-state index contributed by atoms with van der Waals surface area (Å²) in [6.45, 7) is 3.10. The van der Waals surface area contributed by atoms with Gasteiger partial charge in [0, 0.05) is 30.2 Å². The number of aliphatic hydroxyl groups is 2. The van der Waals surface area contributed by atoms with Gasteiger partial charge in [-0.2, -0.15) is 0 Å². The maximum absolute atomic E-state index is 12.3. The highest BCUT2D eigenvalue weighted by molar-refractivity contribution is 6.30. The van der Waals surface area contributed by atoms with Gasteiger partial charge in [0.1, 0.15) is 17.3 Å². The average molecular weight is 453 g/mol. The number of ketones is 2. The first-order chi connectivity index (χ1) is 14.5. The van der Waals surface area contributed by atoms with Crippen LogP contribution in [0.25, 0.3) is 0 Å². The molecule has 7 nitrogen and oxygen atoms in total. The van der Waals surface area contributed by atoms with Crippen LogP contribution in [0.3, 0.4) is 0 Å². The van der Waals surface area contributed by atoms with Crippen molar-refractivity contribution < 1.29 is 34.4 Å². The fourth-order valence-corrected chi connectivity index (χ4v) is 3.83. The number of allylic oxidation sites excluding steroid dienone is 1. The SMILES string of the molecule is CC(C/C=C/[C@H]1CCC(=O)[C@@H]1CCC(=O)C(C)C(O)(O)C(=O)O)Oc1ccc(Cl)cc1. The van der Waals surface area contributed by atoms with Crippen molar-refractivity contribution in [1.29, 1.82) is 0 Å². The third kappa shape index (κ3) is 6.89. The van der Waals surface area contributed by atoms with Crippen molar-refractivity contribution in [1.82, 2.24) is 0 Å². The standard InChI is InChI=1S/C23H29ClO7/c1-14(31-18-9-7-17(24)8-10-18)4-3-5-16-6-12-21(26)19(16)11-13-20(25)15(2)23(29,30)22(27)28/h3,5,7-10,14-16,19,29-30H,4,6,11-13H2,1-2H3,(H,27,28)/b5-3+/t14?,15?,16-,19+/m0/s1. The van der Waals surface area contributed by atoms with Crippen molar-refractivity contribution >= 4 is 29.1 Å². The summed E-state index contributed by atoms with van der Waals surface area (Å²) < 4.78 is 5.82. The number of carboxylic acids is 1. The van der Waals surface area contributed by atoms with Gasteiger partial charge in [-0.05, 0) is 56.9 Å². The molecule has 170 valence electrons. The minimum Gasteiger partial charge on any atom is -0.490 e. The Morgan fingerprint density at radius 3 is 2.52 bits per heavy atom. The summed E-state index contributed by atoms with van der Waals surface area (Å²) in [6, 6.07) is 7.10. The Morgan fingerprint density at radius 2 is 1.90 bits per heavy atom. The molecule has 2 unspecified atom stereocenters. The van der Waals surface area contributed by atoms with Gasteiger partial charge in [0.05, 0.1) is 12.0 Å². The summed E-state index contributed by atoms with van der Waals surface area (Å²) in [5.74, 6) is -6.63. The zero-order valence-corrected chi connectivity index (χ0v) is 18.4. The fraction of sp³-hybridized carbons (Fsp3) is 0.522. The second-order valence-electron chi connectivity index (χ2n) is 8.08. The summed E-state index contributed by atoms with van der Waals surface area (Å²) in [5, 5.41) is 28.6. The van der Waals surface area contributed by atoms with Crippen LogP contribution < -0.4 is 4.74 Å². The van der Waals surface area contributed by atoms with Gasteiger partial charge in [-0.3, -0.25) is 9.59 Å². The third-order valence-electron chi connectivity index (χ3n) is 5.76. The molecule has 0 saturated heterocycles. The van der Waals surface area contributed by atoms with Crippen LogP contribution in [-0.2, 0) is 14.4 Å². The molecule has 31 heavy (non-hydrogen) atoms. The van der Waals surface area contributed by atoms with Gasteiger partial charge in [0.15, 0.2) is 0 Å². The topological polar surface area (TPSA) is 121 Å². The van der Waals surface area contributed by atoms with E-state index in [1.807, 2.05) is 19.1 Å². The lowest BCUT2D eigenvalue weighted by Gasteiger charge is -2.23. The summed E-state index contributed by atoms with van der Waals surface area (Å²) in [7, 11) is 0. The number of rotatable bonds is 11. The molecule has 0 radical (unpaired) electrons. The molecule has 1 aliphatic carbocycles. The van der Waals surface area contributed by atoms with E-state index >= 15 is 0 Å². The number of carboxylic acid groups (broad SMARTS) is 1. The Kier molecular flexibility index (Phi) is 8.79. The van der Waals surface area contributed by atoms with Crippen molar-refractivity contribution in [2.45, 2.75) is 57.8 Å². The highest BCUT2D eigenvalue weighted by Crippen LogP contribution is 2.34. The van der Waals surface area contributed by atoms with E-state index in [1.54, 1.807) is 24.3 Å². The van der Waals surface area contributed by atoms with E-state index in [0.29, 0.717) is 24.3 Å². The maximum atomic E-state index is 12.3. The van der Waals surface area contributed by atoms with Crippen LogP contribution in [0.4, 0.5) is 0 Å². The van der Waals surface area contributed by atoms with E-state index < -0.39 is 23.5 Å². The fourth-order valence-electron chi connectivity index (χ4n) is 3.70. The van der Waals surface area contributed by atoms with Crippen molar-refractivity contribution in [2.75, 3.05) is 0 Å². The molecular weight excluding hydrogens is 424 g/mol. The van der Waals surface area contributed by atoms with Crippen molar-refractivity contribution in [3.8, 4) is 5.75 Å². The van der Waals surface area contributed by atoms with E-state index in [2.05, 4.69) is 0 Å². The predicted molar refractivity (Wildman–Crippen MR) is 115 cm³/mol. The smallest absolute Gasteiger partial charge is 0.364 e. The van der Waals surface area contributed by atoms with Crippen LogP contribution in [0, 0.1) is 17.8 Å². The summed E-state index contributed by atoms with van der Waals surface area (Å²) in [6.07, 6.45) is 5.80. The Morgan fingerprint density at radius 1 is 1.26 bits per heavy atom. The van der Waals surface area contributed by atoms with E-state index in [0.717, 1.165) is 12.7 Å². The van der Waals surface area contributed by atoms with Crippen LogP contribution in [0.1, 0.15) is 46.0 Å². The monoisotopic (exact) mass is 452 g/mol. The second-order valence-corrected chi connectivity index (χ2v) is 8.52. The van der Waals surface area contributed by atoms with Crippen molar-refractivity contribution in [3.05, 3.63) is 41.4 Å². The molecule has 1 fully saturated rings. The van der Waals surface area contributed by atoms with Crippen LogP contribution in [-0.4, -0.2) is 44.7 Å². The van der Waals surface area contributed by atoms with Crippen molar-refractivity contribution in [3.63, 3.8) is 0 Å². The van der Waals surface area contributed by atoms with Gasteiger partial charge < -0.3 is 20.1 Å². The number of benzene rings is 1. The lowest BCUT2D eigenvalue weighted by molar-refractivity contribution is -0.219. The number of carbonyl (C=O) groups is 3. The van der Waals surface area contributed by atoms with Gasteiger partial charge >= 0.3 is 5.97 Å². The number of hydrogen-bond donors (Lipinski definition) is 3. The first-order valence-corrected chi connectivity index (χ1v) is 10.7. The molecule has 3 N–H and O–H groups in total. The van der Waals surface area contributed by atoms with Gasteiger partial charge in [-0.25, -0.2) is 4.79 Å². The third-order valence-corrected chi connectivity index (χ3v) is 6.01. The van der Waals surface area contributed by atoms with E-state index in [9.17, 15) is 24.6 Å². The molecule has 4 atom stereocenters. The molecule has 0 spiro atoms. The molecule has 0 aliphatic heterocycles. The number of aliphatic carboxylic acids is 1. The van der Waals surface area contributed by atoms with Crippen LogP contribution in [0.5, 0.6) is 5.75 Å². The quantitative estimate of drug-likeness (QED) is 0.347. The zero-order valence-electron chi connectivity index (χ0n) is 17.7.